The number of hydrogen-bond donors (Lipinski definition) is 2. The topological polar surface area (TPSA) is 75.2 Å². The van der Waals surface area contributed by atoms with Crippen molar-refractivity contribution in [2.24, 2.45) is 0 Å². The zero-order valence-electron chi connectivity index (χ0n) is 12.6. The van der Waals surface area contributed by atoms with E-state index in [9.17, 15) is 4.79 Å². The van der Waals surface area contributed by atoms with Crippen LogP contribution in [0.2, 0.25) is 0 Å². The van der Waals surface area contributed by atoms with Gasteiger partial charge in [0.25, 0.3) is 5.56 Å². The highest BCUT2D eigenvalue weighted by Gasteiger charge is 2.08. The lowest BCUT2D eigenvalue weighted by molar-refractivity contribution is 0.291. The Morgan fingerprint density at radius 2 is 2.05 bits per heavy atom. The van der Waals surface area contributed by atoms with Crippen molar-refractivity contribution in [3.63, 3.8) is 0 Å². The van der Waals surface area contributed by atoms with E-state index in [1.807, 2.05) is 32.0 Å². The van der Waals surface area contributed by atoms with Crippen LogP contribution < -0.4 is 10.3 Å². The largest absolute Gasteiger partial charge is 0.485 e. The van der Waals surface area contributed by atoms with Crippen LogP contribution in [0, 0.1) is 20.8 Å². The van der Waals surface area contributed by atoms with Crippen molar-refractivity contribution in [2.75, 3.05) is 6.61 Å². The van der Waals surface area contributed by atoms with Gasteiger partial charge in [0.05, 0.1) is 0 Å². The Morgan fingerprint density at radius 1 is 1.29 bits per heavy atom. The Kier molecular flexibility index (Phi) is 4.75. The zero-order valence-corrected chi connectivity index (χ0v) is 12.6. The molecule has 0 unspecified atom stereocenters. The maximum atomic E-state index is 11.9. The highest BCUT2D eigenvalue weighted by atomic mass is 16.5. The quantitative estimate of drug-likeness (QED) is 0.880. The monoisotopic (exact) mass is 288 g/mol. The summed E-state index contributed by atoms with van der Waals surface area (Å²) in [5.74, 6) is 1.26. The Balaban J connectivity index is 2.15. The Hall–Kier alpha value is -2.14. The first kappa shape index (κ1) is 15.3. The van der Waals surface area contributed by atoms with Crippen molar-refractivity contribution in [3.05, 3.63) is 56.8 Å². The fourth-order valence-electron chi connectivity index (χ4n) is 2.25. The number of aliphatic hydroxyl groups is 1. The van der Waals surface area contributed by atoms with Gasteiger partial charge in [-0.05, 0) is 32.4 Å². The summed E-state index contributed by atoms with van der Waals surface area (Å²) in [5.41, 5.74) is 3.16. The van der Waals surface area contributed by atoms with Crippen molar-refractivity contribution in [3.8, 4) is 5.75 Å². The fourth-order valence-corrected chi connectivity index (χ4v) is 2.25. The minimum absolute atomic E-state index is 0.0655. The normalized spacial score (nSPS) is 10.7. The standard InChI is InChI=1S/C16H20N2O3/c1-10-4-5-14(11(2)8-10)21-9-15-17-12(3)13(6-7-19)16(20)18-15/h4-5,8,19H,6-7,9H2,1-3H3,(H,17,18,20). The van der Waals surface area contributed by atoms with E-state index in [1.165, 1.54) is 5.56 Å². The molecular formula is C16H20N2O3. The van der Waals surface area contributed by atoms with Gasteiger partial charge in [-0.2, -0.15) is 0 Å². The molecule has 0 saturated carbocycles. The van der Waals surface area contributed by atoms with Gasteiger partial charge in [-0.3, -0.25) is 4.79 Å². The van der Waals surface area contributed by atoms with Crippen LogP contribution in [0.4, 0.5) is 0 Å². The third-order valence-electron chi connectivity index (χ3n) is 3.33. The van der Waals surface area contributed by atoms with E-state index >= 15 is 0 Å². The van der Waals surface area contributed by atoms with E-state index in [0.717, 1.165) is 11.3 Å². The van der Waals surface area contributed by atoms with Gasteiger partial charge in [0.1, 0.15) is 18.2 Å². The van der Waals surface area contributed by atoms with Crippen LogP contribution in [-0.4, -0.2) is 21.7 Å². The predicted octanol–water partition coefficient (Wildman–Crippen LogP) is 1.81. The lowest BCUT2D eigenvalue weighted by Crippen LogP contribution is -2.21. The summed E-state index contributed by atoms with van der Waals surface area (Å²) < 4.78 is 5.71. The molecular weight excluding hydrogens is 268 g/mol. The third kappa shape index (κ3) is 3.70. The van der Waals surface area contributed by atoms with Gasteiger partial charge in [-0.1, -0.05) is 17.7 Å². The molecule has 2 aromatic rings. The number of aromatic nitrogens is 2. The lowest BCUT2D eigenvalue weighted by Gasteiger charge is -2.10. The molecule has 21 heavy (non-hydrogen) atoms. The van der Waals surface area contributed by atoms with Gasteiger partial charge in [0, 0.05) is 24.3 Å². The van der Waals surface area contributed by atoms with Crippen LogP contribution in [-0.2, 0) is 13.0 Å². The first-order valence-corrected chi connectivity index (χ1v) is 6.91. The molecule has 0 saturated heterocycles. The molecule has 0 atom stereocenters. The number of H-pyrrole nitrogens is 1. The second-order valence-corrected chi connectivity index (χ2v) is 5.11. The van der Waals surface area contributed by atoms with Crippen LogP contribution in [0.5, 0.6) is 5.75 Å². The smallest absolute Gasteiger partial charge is 0.254 e. The molecule has 0 aliphatic heterocycles. The summed E-state index contributed by atoms with van der Waals surface area (Å²) in [6.07, 6.45) is 0.312. The van der Waals surface area contributed by atoms with E-state index in [1.54, 1.807) is 6.92 Å². The second-order valence-electron chi connectivity index (χ2n) is 5.11. The molecule has 0 aliphatic rings. The number of benzene rings is 1. The SMILES string of the molecule is Cc1ccc(OCc2nc(C)c(CCO)c(=O)[nH]2)c(C)c1. The average molecular weight is 288 g/mol. The van der Waals surface area contributed by atoms with Gasteiger partial charge < -0.3 is 14.8 Å². The average Bonchev–Trinajstić information content (AvgIpc) is 2.42. The molecule has 1 aromatic heterocycles. The van der Waals surface area contributed by atoms with Crippen molar-refractivity contribution in [1.82, 2.24) is 9.97 Å². The number of aryl methyl sites for hydroxylation is 3. The Bertz CT molecular complexity index is 692. The van der Waals surface area contributed by atoms with Crippen molar-refractivity contribution < 1.29 is 9.84 Å². The molecule has 0 amide bonds. The maximum absolute atomic E-state index is 11.9. The molecule has 5 nitrogen and oxygen atoms in total. The summed E-state index contributed by atoms with van der Waals surface area (Å²) in [6.45, 7) is 5.91. The number of nitrogens with zero attached hydrogens (tertiary/aromatic N) is 1. The van der Waals surface area contributed by atoms with Crippen LogP contribution >= 0.6 is 0 Å². The molecule has 0 spiro atoms. The van der Waals surface area contributed by atoms with E-state index < -0.39 is 0 Å². The van der Waals surface area contributed by atoms with E-state index in [2.05, 4.69) is 9.97 Å². The van der Waals surface area contributed by atoms with Crippen LogP contribution in [0.3, 0.4) is 0 Å². The molecule has 0 fully saturated rings. The minimum Gasteiger partial charge on any atom is -0.485 e. The number of nitrogens with one attached hydrogen (secondary N) is 1. The van der Waals surface area contributed by atoms with Gasteiger partial charge in [-0.25, -0.2) is 4.98 Å². The molecule has 1 aromatic carbocycles. The van der Waals surface area contributed by atoms with Crippen molar-refractivity contribution in [1.29, 1.82) is 0 Å². The van der Waals surface area contributed by atoms with Gasteiger partial charge in [0.2, 0.25) is 0 Å². The Morgan fingerprint density at radius 3 is 2.67 bits per heavy atom. The zero-order chi connectivity index (χ0) is 15.4. The lowest BCUT2D eigenvalue weighted by atomic mass is 10.1. The van der Waals surface area contributed by atoms with Crippen molar-refractivity contribution in [2.45, 2.75) is 33.8 Å². The van der Waals surface area contributed by atoms with Crippen LogP contribution in [0.1, 0.15) is 28.2 Å². The molecule has 2 rings (SSSR count). The summed E-state index contributed by atoms with van der Waals surface area (Å²) in [7, 11) is 0. The summed E-state index contributed by atoms with van der Waals surface area (Å²) in [5, 5.41) is 8.94. The second kappa shape index (κ2) is 6.54. The molecule has 1 heterocycles. The van der Waals surface area contributed by atoms with E-state index in [-0.39, 0.29) is 18.8 Å². The molecule has 112 valence electrons. The summed E-state index contributed by atoms with van der Waals surface area (Å²) in [6, 6.07) is 5.94. The van der Waals surface area contributed by atoms with Crippen LogP contribution in [0.15, 0.2) is 23.0 Å². The minimum atomic E-state index is -0.212. The van der Waals surface area contributed by atoms with Crippen molar-refractivity contribution >= 4 is 0 Å². The highest BCUT2D eigenvalue weighted by Crippen LogP contribution is 2.19. The molecule has 2 N–H and O–H groups in total. The van der Waals surface area contributed by atoms with Gasteiger partial charge in [0.15, 0.2) is 0 Å². The molecule has 0 bridgehead atoms. The third-order valence-corrected chi connectivity index (χ3v) is 3.33. The van der Waals surface area contributed by atoms with Gasteiger partial charge in [-0.15, -0.1) is 0 Å². The predicted molar refractivity (Wildman–Crippen MR) is 80.6 cm³/mol. The first-order valence-electron chi connectivity index (χ1n) is 6.91. The first-order chi connectivity index (χ1) is 10.0. The Labute approximate surface area is 123 Å². The molecule has 0 radical (unpaired) electrons. The highest BCUT2D eigenvalue weighted by molar-refractivity contribution is 5.35. The van der Waals surface area contributed by atoms with E-state index in [0.29, 0.717) is 23.5 Å². The van der Waals surface area contributed by atoms with E-state index in [4.69, 9.17) is 9.84 Å². The van der Waals surface area contributed by atoms with Crippen LogP contribution in [0.25, 0.3) is 0 Å². The maximum Gasteiger partial charge on any atom is 0.254 e. The number of aliphatic hydroxyl groups excluding tert-OH is 1. The van der Waals surface area contributed by atoms with Gasteiger partial charge >= 0.3 is 0 Å². The number of aromatic amines is 1. The molecule has 0 aliphatic carbocycles. The number of rotatable bonds is 5. The number of hydrogen-bond acceptors (Lipinski definition) is 4. The fraction of sp³-hybridized carbons (Fsp3) is 0.375. The number of ether oxygens (including phenoxy) is 1. The summed E-state index contributed by atoms with van der Waals surface area (Å²) >= 11 is 0. The molecule has 5 heteroatoms. The summed E-state index contributed by atoms with van der Waals surface area (Å²) in [4.78, 5) is 18.9.